The fourth-order valence-electron chi connectivity index (χ4n) is 2.25. The summed E-state index contributed by atoms with van der Waals surface area (Å²) in [7, 11) is 0. The van der Waals surface area contributed by atoms with Crippen molar-refractivity contribution >= 4 is 0 Å². The average molecular weight is 277 g/mol. The van der Waals surface area contributed by atoms with E-state index in [-0.39, 0.29) is 6.10 Å². The van der Waals surface area contributed by atoms with Gasteiger partial charge in [-0.15, -0.1) is 6.58 Å². The maximum absolute atomic E-state index is 5.91. The molecule has 1 saturated heterocycles. The van der Waals surface area contributed by atoms with E-state index in [1.165, 1.54) is 0 Å². The molecule has 0 radical (unpaired) electrons. The Balaban J connectivity index is 1.90. The first-order valence-electron chi connectivity index (χ1n) is 7.23. The molecule has 0 unspecified atom stereocenters. The highest BCUT2D eigenvalue weighted by atomic mass is 16.5. The van der Waals surface area contributed by atoms with E-state index in [0.29, 0.717) is 6.01 Å². The van der Waals surface area contributed by atoms with Gasteiger partial charge in [0.1, 0.15) is 6.10 Å². The Hall–Kier alpha value is -1.46. The van der Waals surface area contributed by atoms with Gasteiger partial charge in [0.15, 0.2) is 0 Å². The van der Waals surface area contributed by atoms with Crippen LogP contribution in [0.2, 0.25) is 0 Å². The minimum Gasteiger partial charge on any atom is -0.459 e. The molecular formula is C15H23N3O2. The monoisotopic (exact) mass is 277 g/mol. The highest BCUT2D eigenvalue weighted by Crippen LogP contribution is 2.11. The molecule has 1 atom stereocenters. The molecule has 0 spiro atoms. The minimum atomic E-state index is 0.0912. The van der Waals surface area contributed by atoms with Gasteiger partial charge < -0.3 is 9.47 Å². The standard InChI is InChI=1S/C15H23N3O2/c1-2-3-6-14(20-15-16-7-4-8-17-15)13-18-9-5-11-19-12-10-18/h2,4,7-8,14H,1,3,5-6,9-13H2/t14-/m1/s1. The van der Waals surface area contributed by atoms with E-state index in [0.717, 1.165) is 52.1 Å². The van der Waals surface area contributed by atoms with E-state index < -0.39 is 0 Å². The lowest BCUT2D eigenvalue weighted by Gasteiger charge is -2.25. The second-order valence-corrected chi connectivity index (χ2v) is 4.90. The fraction of sp³-hybridized carbons (Fsp3) is 0.600. The lowest BCUT2D eigenvalue weighted by atomic mass is 10.2. The zero-order chi connectivity index (χ0) is 14.0. The van der Waals surface area contributed by atoms with Crippen molar-refractivity contribution in [3.63, 3.8) is 0 Å². The Labute approximate surface area is 120 Å². The van der Waals surface area contributed by atoms with Gasteiger partial charge >= 0.3 is 6.01 Å². The molecule has 2 heterocycles. The van der Waals surface area contributed by atoms with Gasteiger partial charge in [0.25, 0.3) is 0 Å². The highest BCUT2D eigenvalue weighted by molar-refractivity contribution is 4.94. The lowest BCUT2D eigenvalue weighted by molar-refractivity contribution is 0.106. The third-order valence-corrected chi connectivity index (χ3v) is 3.28. The first-order chi connectivity index (χ1) is 9.88. The molecule has 1 aromatic rings. The number of aromatic nitrogens is 2. The maximum atomic E-state index is 5.91. The number of allylic oxidation sites excluding steroid dienone is 1. The second-order valence-electron chi connectivity index (χ2n) is 4.90. The summed E-state index contributed by atoms with van der Waals surface area (Å²) in [4.78, 5) is 10.7. The zero-order valence-corrected chi connectivity index (χ0v) is 11.9. The molecule has 0 saturated carbocycles. The fourth-order valence-corrected chi connectivity index (χ4v) is 2.25. The van der Waals surface area contributed by atoms with Crippen molar-refractivity contribution in [2.45, 2.75) is 25.4 Å². The lowest BCUT2D eigenvalue weighted by Crippen LogP contribution is -2.37. The van der Waals surface area contributed by atoms with Gasteiger partial charge in [-0.2, -0.15) is 0 Å². The predicted molar refractivity (Wildman–Crippen MR) is 77.8 cm³/mol. The van der Waals surface area contributed by atoms with Gasteiger partial charge in [-0.3, -0.25) is 4.90 Å². The van der Waals surface area contributed by atoms with E-state index in [1.54, 1.807) is 18.5 Å². The van der Waals surface area contributed by atoms with Gasteiger partial charge in [-0.05, 0) is 25.3 Å². The zero-order valence-electron chi connectivity index (χ0n) is 11.9. The van der Waals surface area contributed by atoms with Crippen LogP contribution in [0, 0.1) is 0 Å². The topological polar surface area (TPSA) is 47.5 Å². The molecule has 110 valence electrons. The molecule has 0 aliphatic carbocycles. The van der Waals surface area contributed by atoms with Crippen LogP contribution in [0.25, 0.3) is 0 Å². The molecule has 0 amide bonds. The Morgan fingerprint density at radius 2 is 2.20 bits per heavy atom. The summed E-state index contributed by atoms with van der Waals surface area (Å²) in [6.45, 7) is 8.35. The summed E-state index contributed by atoms with van der Waals surface area (Å²) in [5.41, 5.74) is 0. The quantitative estimate of drug-likeness (QED) is 0.713. The molecule has 1 aliphatic rings. The third-order valence-electron chi connectivity index (χ3n) is 3.28. The minimum absolute atomic E-state index is 0.0912. The summed E-state index contributed by atoms with van der Waals surface area (Å²) in [6.07, 6.45) is 8.36. The van der Waals surface area contributed by atoms with Crippen LogP contribution >= 0.6 is 0 Å². The number of nitrogens with zero attached hydrogens (tertiary/aromatic N) is 3. The van der Waals surface area contributed by atoms with Crippen molar-refractivity contribution in [2.24, 2.45) is 0 Å². The first kappa shape index (κ1) is 14.9. The van der Waals surface area contributed by atoms with Crippen LogP contribution in [0.5, 0.6) is 6.01 Å². The van der Waals surface area contributed by atoms with Crippen LogP contribution in [0.1, 0.15) is 19.3 Å². The molecule has 0 N–H and O–H groups in total. The van der Waals surface area contributed by atoms with Crippen LogP contribution in [-0.2, 0) is 4.74 Å². The highest BCUT2D eigenvalue weighted by Gasteiger charge is 2.17. The van der Waals surface area contributed by atoms with Crippen LogP contribution in [-0.4, -0.2) is 53.8 Å². The Bertz CT molecular complexity index is 378. The van der Waals surface area contributed by atoms with E-state index >= 15 is 0 Å². The molecule has 1 aliphatic heterocycles. The van der Waals surface area contributed by atoms with E-state index in [2.05, 4.69) is 21.4 Å². The van der Waals surface area contributed by atoms with Crippen LogP contribution in [0.15, 0.2) is 31.1 Å². The van der Waals surface area contributed by atoms with E-state index in [1.807, 2.05) is 6.08 Å². The van der Waals surface area contributed by atoms with Gasteiger partial charge in [0.2, 0.25) is 0 Å². The SMILES string of the molecule is C=CCC[C@H](CN1CCCOCC1)Oc1ncccn1. The largest absolute Gasteiger partial charge is 0.459 e. The van der Waals surface area contributed by atoms with Crippen molar-refractivity contribution in [1.29, 1.82) is 0 Å². The number of ether oxygens (including phenoxy) is 2. The van der Waals surface area contributed by atoms with Crippen LogP contribution in [0.4, 0.5) is 0 Å². The van der Waals surface area contributed by atoms with Crippen molar-refractivity contribution in [1.82, 2.24) is 14.9 Å². The van der Waals surface area contributed by atoms with Crippen molar-refractivity contribution in [3.8, 4) is 6.01 Å². The normalized spacial score (nSPS) is 18.2. The molecule has 20 heavy (non-hydrogen) atoms. The first-order valence-corrected chi connectivity index (χ1v) is 7.23. The third kappa shape index (κ3) is 5.27. The number of rotatable bonds is 7. The second kappa shape index (κ2) is 8.66. The van der Waals surface area contributed by atoms with E-state index in [4.69, 9.17) is 9.47 Å². The van der Waals surface area contributed by atoms with Gasteiger partial charge in [-0.25, -0.2) is 9.97 Å². The van der Waals surface area contributed by atoms with Crippen molar-refractivity contribution in [2.75, 3.05) is 32.8 Å². The smallest absolute Gasteiger partial charge is 0.316 e. The molecule has 1 fully saturated rings. The Morgan fingerprint density at radius 3 is 3.00 bits per heavy atom. The van der Waals surface area contributed by atoms with Gasteiger partial charge in [0, 0.05) is 38.6 Å². The molecule has 2 rings (SSSR count). The predicted octanol–water partition coefficient (Wildman–Crippen LogP) is 1.91. The van der Waals surface area contributed by atoms with Gasteiger partial charge in [-0.1, -0.05) is 6.08 Å². The van der Waals surface area contributed by atoms with Crippen LogP contribution < -0.4 is 4.74 Å². The summed E-state index contributed by atoms with van der Waals surface area (Å²) < 4.78 is 11.4. The van der Waals surface area contributed by atoms with Gasteiger partial charge in [0.05, 0.1) is 6.61 Å². The number of hydrogen-bond donors (Lipinski definition) is 0. The molecule has 1 aromatic heterocycles. The van der Waals surface area contributed by atoms with Crippen LogP contribution in [0.3, 0.4) is 0 Å². The summed E-state index contributed by atoms with van der Waals surface area (Å²) >= 11 is 0. The van der Waals surface area contributed by atoms with E-state index in [9.17, 15) is 0 Å². The van der Waals surface area contributed by atoms with Crippen molar-refractivity contribution in [3.05, 3.63) is 31.1 Å². The molecule has 5 heteroatoms. The maximum Gasteiger partial charge on any atom is 0.316 e. The molecular weight excluding hydrogens is 254 g/mol. The van der Waals surface area contributed by atoms with Crippen molar-refractivity contribution < 1.29 is 9.47 Å². The molecule has 0 aromatic carbocycles. The Kier molecular flexibility index (Phi) is 6.47. The summed E-state index contributed by atoms with van der Waals surface area (Å²) in [5.74, 6) is 0. The summed E-state index contributed by atoms with van der Waals surface area (Å²) in [5, 5.41) is 0. The average Bonchev–Trinajstić information content (AvgIpc) is 2.74. The molecule has 5 nitrogen and oxygen atoms in total. The Morgan fingerprint density at radius 1 is 1.35 bits per heavy atom. The summed E-state index contributed by atoms with van der Waals surface area (Å²) in [6, 6.07) is 2.24. The number of hydrogen-bond acceptors (Lipinski definition) is 5. The molecule has 0 bridgehead atoms.